The summed E-state index contributed by atoms with van der Waals surface area (Å²) < 4.78 is 37.5. The second-order valence-electron chi connectivity index (χ2n) is 15.7. The third-order valence-electron chi connectivity index (χ3n) is 10.2. The van der Waals surface area contributed by atoms with E-state index in [-0.39, 0.29) is 28.1 Å². The van der Waals surface area contributed by atoms with Crippen LogP contribution in [0.25, 0.3) is 11.3 Å². The minimum atomic E-state index is -4.03. The monoisotopic (exact) mass is 696 g/mol. The molecule has 6 rings (SSSR count). The van der Waals surface area contributed by atoms with E-state index in [2.05, 4.69) is 50.6 Å². The number of hydrogen-bond donors (Lipinski definition) is 1. The van der Waals surface area contributed by atoms with Crippen molar-refractivity contribution in [2.45, 2.75) is 96.8 Å². The lowest BCUT2D eigenvalue weighted by molar-refractivity contribution is 0.165. The number of rotatable bonds is 7. The van der Waals surface area contributed by atoms with Crippen LogP contribution in [0.15, 0.2) is 59.8 Å². The first-order valence-electron chi connectivity index (χ1n) is 18.0. The number of aryl methyl sites for hydroxylation is 1. The lowest BCUT2D eigenvalue weighted by Crippen LogP contribution is -2.28. The molecule has 4 bridgehead atoms. The van der Waals surface area contributed by atoms with E-state index in [1.165, 1.54) is 37.7 Å². The van der Waals surface area contributed by atoms with Gasteiger partial charge in [-0.25, -0.2) is 28.1 Å². The predicted octanol–water partition coefficient (Wildman–Crippen LogP) is 8.31. The molecule has 0 saturated heterocycles. The van der Waals surface area contributed by atoms with Crippen LogP contribution < -0.4 is 14.4 Å². The highest BCUT2D eigenvalue weighted by Crippen LogP contribution is 2.40. The number of ether oxygens (including phenoxy) is 1. The maximum atomic E-state index is 14.0. The van der Waals surface area contributed by atoms with E-state index < -0.39 is 10.0 Å². The predicted molar refractivity (Wildman–Crippen MR) is 200 cm³/mol. The Balaban J connectivity index is 1.46. The number of benzene rings is 2. The van der Waals surface area contributed by atoms with Gasteiger partial charge >= 0.3 is 0 Å². The van der Waals surface area contributed by atoms with Gasteiger partial charge in [-0.15, -0.1) is 0 Å². The summed E-state index contributed by atoms with van der Waals surface area (Å²) in [4.78, 5) is 21.2. The van der Waals surface area contributed by atoms with E-state index in [0.717, 1.165) is 40.8 Å². The van der Waals surface area contributed by atoms with Gasteiger partial charge in [-0.2, -0.15) is 4.98 Å². The number of hydrogen-bond acceptors (Lipinski definition) is 8. The third kappa shape index (κ3) is 8.28. The first-order chi connectivity index (χ1) is 23.8. The second kappa shape index (κ2) is 14.7. The van der Waals surface area contributed by atoms with Crippen molar-refractivity contribution in [3.63, 3.8) is 0 Å². The van der Waals surface area contributed by atoms with Crippen LogP contribution in [-0.4, -0.2) is 49.1 Å². The Labute approximate surface area is 298 Å². The zero-order valence-electron chi connectivity index (χ0n) is 30.7. The quantitative estimate of drug-likeness (QED) is 0.206. The van der Waals surface area contributed by atoms with Crippen molar-refractivity contribution in [2.24, 2.45) is 17.3 Å². The molecule has 9 nitrogen and oxygen atoms in total. The zero-order chi connectivity index (χ0) is 35.6. The van der Waals surface area contributed by atoms with Crippen molar-refractivity contribution < 1.29 is 13.2 Å². The first kappa shape index (κ1) is 35.8. The van der Waals surface area contributed by atoms with E-state index >= 15 is 0 Å². The normalized spacial score (nSPS) is 19.4. The highest BCUT2D eigenvalue weighted by atomic mass is 32.2. The molecule has 1 unspecified atom stereocenters. The van der Waals surface area contributed by atoms with Crippen molar-refractivity contribution in [3.8, 4) is 17.1 Å². The Morgan fingerprint density at radius 3 is 2.36 bits per heavy atom. The summed E-state index contributed by atoms with van der Waals surface area (Å²) in [6, 6.07) is 13.6. The molecule has 2 aromatic heterocycles. The highest BCUT2D eigenvalue weighted by Gasteiger charge is 2.32. The molecule has 1 N–H and O–H groups in total. The van der Waals surface area contributed by atoms with Crippen LogP contribution >= 0.6 is 0 Å². The van der Waals surface area contributed by atoms with E-state index in [1.54, 1.807) is 12.1 Å². The van der Waals surface area contributed by atoms with Crippen LogP contribution in [0, 0.1) is 31.1 Å². The van der Waals surface area contributed by atoms with Crippen molar-refractivity contribution in [2.75, 3.05) is 30.3 Å². The molecule has 0 amide bonds. The van der Waals surface area contributed by atoms with Crippen LogP contribution in [0.4, 0.5) is 11.6 Å². The van der Waals surface area contributed by atoms with E-state index in [9.17, 15) is 8.42 Å². The number of sulfonamides is 1. The van der Waals surface area contributed by atoms with Gasteiger partial charge in [-0.3, -0.25) is 0 Å². The Morgan fingerprint density at radius 2 is 1.66 bits per heavy atom. The second-order valence-corrected chi connectivity index (χ2v) is 17.4. The average molecular weight is 697 g/mol. The molecule has 2 aliphatic rings. The Hall–Kier alpha value is -4.05. The number of nitrogens with one attached hydrogen (secondary N) is 1. The molecular weight excluding hydrogens is 645 g/mol. The fraction of sp³-hybridized carbons (Fsp3) is 0.500. The molecule has 1 aliphatic carbocycles. The van der Waals surface area contributed by atoms with Gasteiger partial charge < -0.3 is 9.64 Å². The zero-order valence-corrected chi connectivity index (χ0v) is 31.5. The summed E-state index contributed by atoms with van der Waals surface area (Å²) in [5, 5.41) is 0. The Bertz CT molecular complexity index is 1910. The highest BCUT2D eigenvalue weighted by molar-refractivity contribution is 7.92. The summed E-state index contributed by atoms with van der Waals surface area (Å²) in [5.74, 6) is 1.62. The number of fused-ring (bicyclic) bond motifs is 4. The van der Waals surface area contributed by atoms with Gasteiger partial charge in [0.05, 0.1) is 35.3 Å². The lowest BCUT2D eigenvalue weighted by atomic mass is 9.75. The van der Waals surface area contributed by atoms with Gasteiger partial charge in [0, 0.05) is 37.6 Å². The molecule has 0 radical (unpaired) electrons. The van der Waals surface area contributed by atoms with Crippen LogP contribution in [0.3, 0.4) is 0 Å². The number of aromatic nitrogens is 4. The smallest absolute Gasteiger partial charge is 0.264 e. The van der Waals surface area contributed by atoms with Gasteiger partial charge in [0.15, 0.2) is 0 Å². The van der Waals surface area contributed by atoms with Gasteiger partial charge in [0.2, 0.25) is 11.8 Å². The third-order valence-corrected chi connectivity index (χ3v) is 11.6. The molecule has 2 atom stereocenters. The lowest BCUT2D eigenvalue weighted by Gasteiger charge is -2.33. The molecule has 1 fully saturated rings. The first-order valence-corrected chi connectivity index (χ1v) is 19.5. The van der Waals surface area contributed by atoms with Crippen LogP contribution in [0.5, 0.6) is 5.88 Å². The standard InChI is InChI=1S/C40H52N6O3S/c1-26-13-11-17-30(19-28-14-9-8-10-15-28)36(26)37-27(2)38-44-39(43-37)45-50(47,48)33-18-12-16-29(20-33)34(31(25-49-38)22-40(3,4)5)21-35-41-23-32(24-42-35)46(6)7/h11-13,16-18,20,23-24,28,31,34H,8-10,14-15,19,21-22,25H2,1-7H3,(H,43,44,45)/t31-,34?/m1/s1. The minimum absolute atomic E-state index is 0.000876. The van der Waals surface area contributed by atoms with Gasteiger partial charge in [-0.05, 0) is 72.8 Å². The minimum Gasteiger partial charge on any atom is -0.477 e. The molecule has 1 aliphatic heterocycles. The maximum Gasteiger partial charge on any atom is 0.264 e. The van der Waals surface area contributed by atoms with Crippen molar-refractivity contribution in [1.29, 1.82) is 0 Å². The molecule has 1 saturated carbocycles. The fourth-order valence-corrected chi connectivity index (χ4v) is 8.68. The average Bonchev–Trinajstić information content (AvgIpc) is 3.07. The molecule has 266 valence electrons. The summed E-state index contributed by atoms with van der Waals surface area (Å²) in [7, 11) is -0.107. The van der Waals surface area contributed by atoms with Crippen molar-refractivity contribution >= 4 is 21.7 Å². The van der Waals surface area contributed by atoms with Crippen molar-refractivity contribution in [3.05, 3.63) is 82.9 Å². The molecule has 50 heavy (non-hydrogen) atoms. The molecule has 3 heterocycles. The maximum absolute atomic E-state index is 14.0. The van der Waals surface area contributed by atoms with E-state index in [1.807, 2.05) is 50.4 Å². The van der Waals surface area contributed by atoms with Gasteiger partial charge in [0.1, 0.15) is 5.82 Å². The van der Waals surface area contributed by atoms with Gasteiger partial charge in [-0.1, -0.05) is 83.2 Å². The molecule has 0 spiro atoms. The van der Waals surface area contributed by atoms with Crippen LogP contribution in [-0.2, 0) is 22.9 Å². The van der Waals surface area contributed by atoms with Crippen LogP contribution in [0.2, 0.25) is 0 Å². The van der Waals surface area contributed by atoms with Gasteiger partial charge in [0.25, 0.3) is 10.0 Å². The summed E-state index contributed by atoms with van der Waals surface area (Å²) in [6.45, 7) is 11.2. The SMILES string of the molecule is Cc1cccc(CC2CCCCC2)c1-c1nc2nc(c1C)OC[C@@H](CC(C)(C)C)C(Cc1ncc(N(C)C)cn1)c1cccc(c1)S(=O)(=O)N2. The molecule has 10 heteroatoms. The fourth-order valence-electron chi connectivity index (χ4n) is 7.68. The number of nitrogens with zero attached hydrogens (tertiary/aromatic N) is 5. The topological polar surface area (TPSA) is 110 Å². The molecular formula is C40H52N6O3S. The summed E-state index contributed by atoms with van der Waals surface area (Å²) >= 11 is 0. The number of anilines is 2. The Morgan fingerprint density at radius 1 is 0.940 bits per heavy atom. The Kier molecular flexibility index (Phi) is 10.5. The van der Waals surface area contributed by atoms with Crippen molar-refractivity contribution in [1.82, 2.24) is 19.9 Å². The molecule has 4 aromatic rings. The summed E-state index contributed by atoms with van der Waals surface area (Å²) in [5.41, 5.74) is 6.68. The van der Waals surface area contributed by atoms with E-state index in [4.69, 9.17) is 24.7 Å². The molecule has 2 aromatic carbocycles. The van der Waals surface area contributed by atoms with E-state index in [0.29, 0.717) is 36.3 Å². The summed E-state index contributed by atoms with van der Waals surface area (Å²) in [6.07, 6.45) is 12.3. The largest absolute Gasteiger partial charge is 0.477 e. The van der Waals surface area contributed by atoms with Crippen LogP contribution in [0.1, 0.15) is 93.3 Å².